The fraction of sp³-hybridized carbons (Fsp3) is 0.727. The monoisotopic (exact) mass is 373 g/mol. The standard InChI is InChI=1S/C22H31NO4/c1-20-9-6-15(23-27-13-19(24)25)12-14(20)4-5-16-17(20)7-10-21(2)18(16)8-11-22(21,3)26/h6,9,12,16-18,26H,4-5,7-8,10-11,13H2,1-3H3,(H,24,25)/b23-15-/t16-,17-,18+,20+,21+,22+/m1/s1. The first kappa shape index (κ1) is 18.7. The van der Waals surface area contributed by atoms with E-state index < -0.39 is 18.2 Å². The Labute approximate surface area is 161 Å². The molecule has 148 valence electrons. The van der Waals surface area contributed by atoms with E-state index in [4.69, 9.17) is 9.94 Å². The van der Waals surface area contributed by atoms with E-state index >= 15 is 0 Å². The van der Waals surface area contributed by atoms with Gasteiger partial charge in [-0.2, -0.15) is 0 Å². The molecule has 0 spiro atoms. The fourth-order valence-corrected chi connectivity index (χ4v) is 6.67. The molecule has 0 bridgehead atoms. The summed E-state index contributed by atoms with van der Waals surface area (Å²) in [6.45, 7) is 6.29. The van der Waals surface area contributed by atoms with E-state index in [9.17, 15) is 9.90 Å². The molecule has 0 aromatic rings. The van der Waals surface area contributed by atoms with Crippen LogP contribution in [-0.2, 0) is 9.63 Å². The van der Waals surface area contributed by atoms with E-state index in [1.165, 1.54) is 12.0 Å². The Bertz CT molecular complexity index is 737. The zero-order valence-corrected chi connectivity index (χ0v) is 16.6. The van der Waals surface area contributed by atoms with Gasteiger partial charge in [0, 0.05) is 5.41 Å². The number of carboxylic acids is 1. The minimum Gasteiger partial charge on any atom is -0.479 e. The molecular formula is C22H31NO4. The zero-order valence-electron chi connectivity index (χ0n) is 16.6. The van der Waals surface area contributed by atoms with Crippen molar-refractivity contribution in [3.63, 3.8) is 0 Å². The number of rotatable bonds is 3. The molecule has 5 nitrogen and oxygen atoms in total. The van der Waals surface area contributed by atoms with Crippen molar-refractivity contribution in [2.75, 3.05) is 6.61 Å². The molecule has 0 amide bonds. The molecule has 2 N–H and O–H groups in total. The number of hydrogen-bond donors (Lipinski definition) is 2. The lowest BCUT2D eigenvalue weighted by Gasteiger charge is -2.58. The Morgan fingerprint density at radius 3 is 2.70 bits per heavy atom. The molecular weight excluding hydrogens is 342 g/mol. The topological polar surface area (TPSA) is 79.1 Å². The van der Waals surface area contributed by atoms with Crippen LogP contribution in [0.25, 0.3) is 0 Å². The van der Waals surface area contributed by atoms with Crippen LogP contribution in [0.3, 0.4) is 0 Å². The van der Waals surface area contributed by atoms with Gasteiger partial charge in [-0.3, -0.25) is 0 Å². The van der Waals surface area contributed by atoms with E-state index in [0.29, 0.717) is 23.5 Å². The summed E-state index contributed by atoms with van der Waals surface area (Å²) in [6.07, 6.45) is 12.8. The Kier molecular flexibility index (Phi) is 4.30. The highest BCUT2D eigenvalue weighted by atomic mass is 16.6. The van der Waals surface area contributed by atoms with E-state index in [0.717, 1.165) is 32.1 Å². The van der Waals surface area contributed by atoms with Crippen molar-refractivity contribution < 1.29 is 19.8 Å². The van der Waals surface area contributed by atoms with Crippen LogP contribution in [0, 0.1) is 28.6 Å². The van der Waals surface area contributed by atoms with Crippen molar-refractivity contribution in [2.24, 2.45) is 33.7 Å². The SMILES string of the molecule is C[C@]12C=C/C(=N/OCC(=O)O)C=C1CC[C@@H]1[C@H]2CC[C@@]2(C)[C@H]1CC[C@]2(C)O. The lowest BCUT2D eigenvalue weighted by molar-refractivity contribution is -0.142. The van der Waals surface area contributed by atoms with Crippen LogP contribution in [0.4, 0.5) is 0 Å². The van der Waals surface area contributed by atoms with Crippen LogP contribution >= 0.6 is 0 Å². The Morgan fingerprint density at radius 2 is 1.96 bits per heavy atom. The summed E-state index contributed by atoms with van der Waals surface area (Å²) in [6, 6.07) is 0. The number of carboxylic acid groups (broad SMARTS) is 1. The van der Waals surface area contributed by atoms with Crippen LogP contribution in [-0.4, -0.2) is 34.1 Å². The summed E-state index contributed by atoms with van der Waals surface area (Å²) >= 11 is 0. The third-order valence-electron chi connectivity index (χ3n) is 8.49. The average molecular weight is 373 g/mol. The summed E-state index contributed by atoms with van der Waals surface area (Å²) in [5, 5.41) is 23.7. The zero-order chi connectivity index (χ0) is 19.4. The van der Waals surface area contributed by atoms with Crippen LogP contribution in [0.2, 0.25) is 0 Å². The van der Waals surface area contributed by atoms with Gasteiger partial charge < -0.3 is 15.1 Å². The van der Waals surface area contributed by atoms with Crippen molar-refractivity contribution in [3.05, 3.63) is 23.8 Å². The van der Waals surface area contributed by atoms with Crippen LogP contribution < -0.4 is 0 Å². The van der Waals surface area contributed by atoms with Crippen molar-refractivity contribution in [3.8, 4) is 0 Å². The maximum absolute atomic E-state index is 11.0. The number of nitrogens with zero attached hydrogens (tertiary/aromatic N) is 1. The van der Waals surface area contributed by atoms with Gasteiger partial charge in [0.1, 0.15) is 5.71 Å². The molecule has 0 aliphatic heterocycles. The molecule has 5 heteroatoms. The van der Waals surface area contributed by atoms with E-state index in [2.05, 4.69) is 31.2 Å². The first-order valence-electron chi connectivity index (χ1n) is 10.2. The minimum absolute atomic E-state index is 0.0323. The second-order valence-corrected chi connectivity index (χ2v) is 9.65. The predicted molar refractivity (Wildman–Crippen MR) is 103 cm³/mol. The second-order valence-electron chi connectivity index (χ2n) is 9.65. The molecule has 3 fully saturated rings. The molecule has 0 aromatic carbocycles. The van der Waals surface area contributed by atoms with Gasteiger partial charge >= 0.3 is 5.97 Å². The first-order chi connectivity index (χ1) is 12.7. The van der Waals surface area contributed by atoms with Crippen LogP contribution in [0.15, 0.2) is 29.0 Å². The van der Waals surface area contributed by atoms with Gasteiger partial charge in [-0.25, -0.2) is 4.79 Å². The highest BCUT2D eigenvalue weighted by Gasteiger charge is 2.61. The fourth-order valence-electron chi connectivity index (χ4n) is 6.67. The molecule has 6 atom stereocenters. The molecule has 3 saturated carbocycles. The second kappa shape index (κ2) is 6.20. The third-order valence-corrected chi connectivity index (χ3v) is 8.49. The Morgan fingerprint density at radius 1 is 1.22 bits per heavy atom. The number of fused-ring (bicyclic) bond motifs is 5. The van der Waals surface area contributed by atoms with Crippen molar-refractivity contribution >= 4 is 11.7 Å². The smallest absolute Gasteiger partial charge is 0.344 e. The van der Waals surface area contributed by atoms with Gasteiger partial charge in [0.25, 0.3) is 0 Å². The normalized spacial score (nSPS) is 47.0. The van der Waals surface area contributed by atoms with Gasteiger partial charge in [0.15, 0.2) is 0 Å². The number of aliphatic hydroxyl groups is 1. The van der Waals surface area contributed by atoms with Gasteiger partial charge in [0.2, 0.25) is 6.61 Å². The van der Waals surface area contributed by atoms with Crippen molar-refractivity contribution in [2.45, 2.75) is 64.9 Å². The molecule has 0 unspecified atom stereocenters. The molecule has 0 saturated heterocycles. The van der Waals surface area contributed by atoms with Crippen molar-refractivity contribution in [1.82, 2.24) is 0 Å². The first-order valence-corrected chi connectivity index (χ1v) is 10.2. The minimum atomic E-state index is -1.02. The van der Waals surface area contributed by atoms with Gasteiger partial charge in [-0.1, -0.05) is 30.7 Å². The number of carbonyl (C=O) groups is 1. The number of aliphatic carboxylic acids is 1. The largest absolute Gasteiger partial charge is 0.479 e. The lowest BCUT2D eigenvalue weighted by Crippen LogP contribution is -2.53. The van der Waals surface area contributed by atoms with Crippen molar-refractivity contribution in [1.29, 1.82) is 0 Å². The molecule has 0 radical (unpaired) electrons. The highest BCUT2D eigenvalue weighted by molar-refractivity contribution is 6.05. The maximum atomic E-state index is 11.0. The predicted octanol–water partition coefficient (Wildman–Crippen LogP) is 3.93. The molecule has 4 rings (SSSR count). The van der Waals surface area contributed by atoms with Gasteiger partial charge in [-0.15, -0.1) is 0 Å². The average Bonchev–Trinajstić information content (AvgIpc) is 2.84. The summed E-state index contributed by atoms with van der Waals surface area (Å²) in [7, 11) is 0. The molecule has 0 aromatic heterocycles. The molecule has 4 aliphatic rings. The Balaban J connectivity index is 1.57. The number of hydrogen-bond acceptors (Lipinski definition) is 4. The van der Waals surface area contributed by atoms with E-state index in [1.807, 2.05) is 13.0 Å². The number of allylic oxidation sites excluding steroid dienone is 4. The Hall–Kier alpha value is -1.62. The summed E-state index contributed by atoms with van der Waals surface area (Å²) in [5.74, 6) is 0.843. The summed E-state index contributed by atoms with van der Waals surface area (Å²) in [4.78, 5) is 15.5. The van der Waals surface area contributed by atoms with Crippen LogP contribution in [0.1, 0.15) is 59.3 Å². The number of oxime groups is 1. The van der Waals surface area contributed by atoms with Gasteiger partial charge in [0.05, 0.1) is 5.60 Å². The third kappa shape index (κ3) is 2.77. The molecule has 27 heavy (non-hydrogen) atoms. The highest BCUT2D eigenvalue weighted by Crippen LogP contribution is 2.66. The van der Waals surface area contributed by atoms with E-state index in [1.54, 1.807) is 0 Å². The van der Waals surface area contributed by atoms with E-state index in [-0.39, 0.29) is 10.8 Å². The summed E-state index contributed by atoms with van der Waals surface area (Å²) in [5.41, 5.74) is 1.62. The molecule has 4 aliphatic carbocycles. The van der Waals surface area contributed by atoms with Gasteiger partial charge in [-0.05, 0) is 80.8 Å². The summed E-state index contributed by atoms with van der Waals surface area (Å²) < 4.78 is 0. The maximum Gasteiger partial charge on any atom is 0.344 e. The molecule has 0 heterocycles. The van der Waals surface area contributed by atoms with Crippen LogP contribution in [0.5, 0.6) is 0 Å². The quantitative estimate of drug-likeness (QED) is 0.735. The lowest BCUT2D eigenvalue weighted by atomic mass is 9.47.